The summed E-state index contributed by atoms with van der Waals surface area (Å²) in [6, 6.07) is 11.2. The lowest BCUT2D eigenvalue weighted by molar-refractivity contribution is 0.0735. The molecule has 1 amide bonds. The summed E-state index contributed by atoms with van der Waals surface area (Å²) < 4.78 is 6.09. The van der Waals surface area contributed by atoms with E-state index in [2.05, 4.69) is 42.0 Å². The topological polar surface area (TPSA) is 79.5 Å². The van der Waals surface area contributed by atoms with Gasteiger partial charge in [0.1, 0.15) is 5.75 Å². The molecule has 6 nitrogen and oxygen atoms in total. The number of carbonyl (C=O) groups is 1. The largest absolute Gasteiger partial charge is 0.506 e. The molecule has 0 unspecified atom stereocenters. The molecule has 1 aromatic heterocycles. The highest BCUT2D eigenvalue weighted by molar-refractivity contribution is 9.11. The minimum Gasteiger partial charge on any atom is -0.506 e. The Morgan fingerprint density at radius 3 is 2.58 bits per heavy atom. The Kier molecular flexibility index (Phi) is 5.43. The van der Waals surface area contributed by atoms with Crippen molar-refractivity contribution in [3.63, 3.8) is 0 Å². The summed E-state index contributed by atoms with van der Waals surface area (Å²) in [4.78, 5) is 18.2. The van der Waals surface area contributed by atoms with Gasteiger partial charge in [-0.05, 0) is 56.5 Å². The Labute approximate surface area is 167 Å². The van der Waals surface area contributed by atoms with Crippen molar-refractivity contribution in [2.45, 2.75) is 13.5 Å². The zero-order chi connectivity index (χ0) is 18.8. The van der Waals surface area contributed by atoms with Crippen molar-refractivity contribution in [3.8, 4) is 17.1 Å². The lowest BCUT2D eigenvalue weighted by Crippen LogP contribution is -2.26. The second-order valence-electron chi connectivity index (χ2n) is 5.86. The smallest absolute Gasteiger partial charge is 0.316 e. The van der Waals surface area contributed by atoms with E-state index < -0.39 is 0 Å². The molecular formula is C18H15Br2N3O3. The molecule has 0 saturated carbocycles. The van der Waals surface area contributed by atoms with E-state index in [1.165, 1.54) is 4.90 Å². The fourth-order valence-corrected chi connectivity index (χ4v) is 3.63. The van der Waals surface area contributed by atoms with Crippen LogP contribution in [0.3, 0.4) is 0 Å². The van der Waals surface area contributed by atoms with Crippen molar-refractivity contribution in [2.24, 2.45) is 0 Å². The molecule has 26 heavy (non-hydrogen) atoms. The van der Waals surface area contributed by atoms with Gasteiger partial charge in [0, 0.05) is 19.2 Å². The van der Waals surface area contributed by atoms with Gasteiger partial charge in [-0.3, -0.25) is 4.79 Å². The quantitative estimate of drug-likeness (QED) is 0.592. The van der Waals surface area contributed by atoms with Gasteiger partial charge in [0.15, 0.2) is 0 Å². The number of carbonyl (C=O) groups excluding carboxylic acids is 1. The number of aryl methyl sites for hydroxylation is 1. The maximum atomic E-state index is 12.5. The van der Waals surface area contributed by atoms with Crippen LogP contribution in [0.2, 0.25) is 0 Å². The van der Waals surface area contributed by atoms with Crippen molar-refractivity contribution in [1.82, 2.24) is 15.0 Å². The summed E-state index contributed by atoms with van der Waals surface area (Å²) in [5.74, 6) is -0.109. The van der Waals surface area contributed by atoms with Gasteiger partial charge in [0.05, 0.1) is 8.95 Å². The second-order valence-corrected chi connectivity index (χ2v) is 7.57. The molecule has 0 atom stereocenters. The van der Waals surface area contributed by atoms with Crippen molar-refractivity contribution in [1.29, 1.82) is 0 Å². The van der Waals surface area contributed by atoms with E-state index in [0.29, 0.717) is 21.1 Å². The Bertz CT molecular complexity index is 949. The third-order valence-corrected chi connectivity index (χ3v) is 4.94. The number of hydrogen-bond acceptors (Lipinski definition) is 5. The molecule has 1 heterocycles. The molecule has 0 fully saturated rings. The van der Waals surface area contributed by atoms with E-state index in [9.17, 15) is 9.90 Å². The molecule has 134 valence electrons. The predicted molar refractivity (Wildman–Crippen MR) is 104 cm³/mol. The number of phenols is 1. The summed E-state index contributed by atoms with van der Waals surface area (Å²) in [7, 11) is 1.68. The van der Waals surface area contributed by atoms with Crippen LogP contribution in [0.5, 0.6) is 5.75 Å². The third kappa shape index (κ3) is 3.96. The van der Waals surface area contributed by atoms with Gasteiger partial charge in [-0.15, -0.1) is 0 Å². The standard InChI is InChI=1S/C18H15Br2N3O3/c1-10-4-3-5-11(6-10)9-23(2)18(25)17-21-16(22-26-17)12-7-13(19)15(24)14(20)8-12/h3-8,24H,9H2,1-2H3. The zero-order valence-electron chi connectivity index (χ0n) is 14.0. The van der Waals surface area contributed by atoms with Gasteiger partial charge in [-0.25, -0.2) is 0 Å². The molecule has 2 aromatic carbocycles. The number of halogens is 2. The monoisotopic (exact) mass is 479 g/mol. The first-order valence-electron chi connectivity index (χ1n) is 7.68. The maximum Gasteiger partial charge on any atom is 0.316 e. The number of hydrogen-bond donors (Lipinski definition) is 1. The summed E-state index contributed by atoms with van der Waals surface area (Å²) in [6.45, 7) is 2.44. The molecule has 8 heteroatoms. The van der Waals surface area contributed by atoms with E-state index in [4.69, 9.17) is 4.52 Å². The first-order valence-corrected chi connectivity index (χ1v) is 9.27. The van der Waals surface area contributed by atoms with Crippen LogP contribution in [0.15, 0.2) is 49.9 Å². The lowest BCUT2D eigenvalue weighted by atomic mass is 10.1. The SMILES string of the molecule is Cc1cccc(CN(C)C(=O)c2nc(-c3cc(Br)c(O)c(Br)c3)no2)c1. The van der Waals surface area contributed by atoms with Crippen LogP contribution in [0, 0.1) is 6.92 Å². The Hall–Kier alpha value is -2.19. The van der Waals surface area contributed by atoms with E-state index >= 15 is 0 Å². The van der Waals surface area contributed by atoms with Crippen LogP contribution in [0.4, 0.5) is 0 Å². The number of nitrogens with zero attached hydrogens (tertiary/aromatic N) is 3. The van der Waals surface area contributed by atoms with Crippen LogP contribution in [0.25, 0.3) is 11.4 Å². The average molecular weight is 481 g/mol. The van der Waals surface area contributed by atoms with Gasteiger partial charge in [-0.2, -0.15) is 4.98 Å². The van der Waals surface area contributed by atoms with Crippen LogP contribution in [-0.2, 0) is 6.54 Å². The van der Waals surface area contributed by atoms with Crippen molar-refractivity contribution in [3.05, 3.63) is 62.4 Å². The molecule has 0 aliphatic rings. The number of aromatic nitrogens is 2. The molecule has 0 radical (unpaired) electrons. The fraction of sp³-hybridized carbons (Fsp3) is 0.167. The molecule has 3 rings (SSSR count). The number of amides is 1. The maximum absolute atomic E-state index is 12.5. The molecule has 3 aromatic rings. The number of phenolic OH excluding ortho intramolecular Hbond substituents is 1. The highest BCUT2D eigenvalue weighted by Gasteiger charge is 2.21. The zero-order valence-corrected chi connectivity index (χ0v) is 17.2. The first-order chi connectivity index (χ1) is 12.3. The van der Waals surface area contributed by atoms with Crippen LogP contribution in [-0.4, -0.2) is 33.1 Å². The van der Waals surface area contributed by atoms with Crippen LogP contribution in [0.1, 0.15) is 21.8 Å². The Balaban J connectivity index is 1.79. The third-order valence-electron chi connectivity index (χ3n) is 3.73. The molecule has 1 N–H and O–H groups in total. The van der Waals surface area contributed by atoms with Crippen LogP contribution >= 0.6 is 31.9 Å². The van der Waals surface area contributed by atoms with Crippen LogP contribution < -0.4 is 0 Å². The Morgan fingerprint density at radius 2 is 1.92 bits per heavy atom. The minimum atomic E-state index is -0.359. The van der Waals surface area contributed by atoms with E-state index in [-0.39, 0.29) is 23.4 Å². The Morgan fingerprint density at radius 1 is 1.23 bits per heavy atom. The van der Waals surface area contributed by atoms with Gasteiger partial charge in [0.2, 0.25) is 5.82 Å². The van der Waals surface area contributed by atoms with Gasteiger partial charge in [-0.1, -0.05) is 35.0 Å². The second kappa shape index (κ2) is 7.59. The number of aromatic hydroxyl groups is 1. The first kappa shape index (κ1) is 18.6. The van der Waals surface area contributed by atoms with Gasteiger partial charge >= 0.3 is 11.8 Å². The molecule has 0 saturated heterocycles. The molecule has 0 bridgehead atoms. The summed E-state index contributed by atoms with van der Waals surface area (Å²) in [5, 5.41) is 13.7. The fourth-order valence-electron chi connectivity index (χ4n) is 2.44. The highest BCUT2D eigenvalue weighted by atomic mass is 79.9. The van der Waals surface area contributed by atoms with Gasteiger partial charge in [0.25, 0.3) is 0 Å². The summed E-state index contributed by atoms with van der Waals surface area (Å²) in [6.07, 6.45) is 0. The predicted octanol–water partition coefficient (Wildman–Crippen LogP) is 4.55. The number of rotatable bonds is 4. The molecular weight excluding hydrogens is 466 g/mol. The summed E-state index contributed by atoms with van der Waals surface area (Å²) in [5.41, 5.74) is 2.75. The molecule has 0 aliphatic carbocycles. The van der Waals surface area contributed by atoms with Gasteiger partial charge < -0.3 is 14.5 Å². The normalized spacial score (nSPS) is 10.8. The molecule has 0 spiro atoms. The highest BCUT2D eigenvalue weighted by Crippen LogP contribution is 2.36. The summed E-state index contributed by atoms with van der Waals surface area (Å²) >= 11 is 6.51. The molecule has 0 aliphatic heterocycles. The average Bonchev–Trinajstić information content (AvgIpc) is 3.08. The van der Waals surface area contributed by atoms with E-state index in [1.54, 1.807) is 19.2 Å². The van der Waals surface area contributed by atoms with Crippen molar-refractivity contribution >= 4 is 37.8 Å². The van der Waals surface area contributed by atoms with Crippen molar-refractivity contribution < 1.29 is 14.4 Å². The van der Waals surface area contributed by atoms with E-state index in [1.807, 2.05) is 31.2 Å². The van der Waals surface area contributed by atoms with E-state index in [0.717, 1.165) is 11.1 Å². The van der Waals surface area contributed by atoms with Crippen molar-refractivity contribution in [2.75, 3.05) is 7.05 Å². The minimum absolute atomic E-state index is 0.0754. The number of benzene rings is 2. The lowest BCUT2D eigenvalue weighted by Gasteiger charge is -2.15.